The molecule has 1 aliphatic heterocycles. The second kappa shape index (κ2) is 9.88. The van der Waals surface area contributed by atoms with Crippen LogP contribution in [0.25, 0.3) is 0 Å². The van der Waals surface area contributed by atoms with Crippen molar-refractivity contribution in [1.82, 2.24) is 5.32 Å². The van der Waals surface area contributed by atoms with Crippen LogP contribution in [0.15, 0.2) is 24.3 Å². The number of esters is 1. The topological polar surface area (TPSA) is 120 Å². The third-order valence-corrected chi connectivity index (χ3v) is 4.33. The van der Waals surface area contributed by atoms with E-state index in [1.165, 1.54) is 7.11 Å². The molecule has 8 heteroatoms. The summed E-state index contributed by atoms with van der Waals surface area (Å²) in [5, 5.41) is 5.40. The smallest absolute Gasteiger partial charge is 0.307 e. The Morgan fingerprint density at radius 3 is 2.50 bits per heavy atom. The first-order valence-corrected chi connectivity index (χ1v) is 8.60. The highest BCUT2D eigenvalue weighted by Crippen LogP contribution is 2.19. The van der Waals surface area contributed by atoms with Crippen molar-refractivity contribution >= 4 is 23.5 Å². The van der Waals surface area contributed by atoms with Gasteiger partial charge in [-0.05, 0) is 43.0 Å². The lowest BCUT2D eigenvalue weighted by Gasteiger charge is -2.26. The molecule has 2 rings (SSSR count). The molecule has 1 saturated heterocycles. The molecule has 2 amide bonds. The molecule has 0 saturated carbocycles. The summed E-state index contributed by atoms with van der Waals surface area (Å²) in [6, 6.07) is 5.90. The van der Waals surface area contributed by atoms with Crippen LogP contribution in [0.2, 0.25) is 0 Å². The zero-order chi connectivity index (χ0) is 18.9. The normalized spacial score (nSPS) is 15.8. The number of methoxy groups -OCH3 is 1. The van der Waals surface area contributed by atoms with Crippen molar-refractivity contribution < 1.29 is 23.9 Å². The van der Waals surface area contributed by atoms with Crippen molar-refractivity contribution in [2.75, 3.05) is 32.2 Å². The van der Waals surface area contributed by atoms with Crippen molar-refractivity contribution in [2.45, 2.75) is 25.3 Å². The van der Waals surface area contributed by atoms with Crippen LogP contribution in [0, 0.1) is 5.92 Å². The van der Waals surface area contributed by atoms with E-state index < -0.39 is 6.04 Å². The molecule has 1 aromatic carbocycles. The quantitative estimate of drug-likeness (QED) is 0.613. The number of carbonyl (C=O) groups excluding carboxylic acids is 3. The Kier molecular flexibility index (Phi) is 7.55. The molecule has 0 aliphatic carbocycles. The molecule has 8 nitrogen and oxygen atoms in total. The van der Waals surface area contributed by atoms with Crippen molar-refractivity contribution in [3.05, 3.63) is 29.8 Å². The lowest BCUT2D eigenvalue weighted by atomic mass is 9.92. The second-order valence-electron chi connectivity index (χ2n) is 6.12. The predicted octanol–water partition coefficient (Wildman–Crippen LogP) is 0.672. The first-order chi connectivity index (χ1) is 12.5. The first-order valence-electron chi connectivity index (χ1n) is 8.60. The second-order valence-corrected chi connectivity index (χ2v) is 6.12. The van der Waals surface area contributed by atoms with Gasteiger partial charge in [0.1, 0.15) is 0 Å². The van der Waals surface area contributed by atoms with Crippen molar-refractivity contribution in [2.24, 2.45) is 11.7 Å². The van der Waals surface area contributed by atoms with E-state index in [1.807, 2.05) is 0 Å². The van der Waals surface area contributed by atoms with E-state index in [4.69, 9.17) is 10.5 Å². The Morgan fingerprint density at radius 2 is 1.88 bits per heavy atom. The number of nitrogens with two attached hydrogens (primary N) is 1. The average Bonchev–Trinajstić information content (AvgIpc) is 2.68. The lowest BCUT2D eigenvalue weighted by molar-refractivity contribution is -0.140. The van der Waals surface area contributed by atoms with Crippen molar-refractivity contribution in [1.29, 1.82) is 0 Å². The average molecular weight is 363 g/mol. The molecule has 1 atom stereocenters. The van der Waals surface area contributed by atoms with Crippen LogP contribution >= 0.6 is 0 Å². The zero-order valence-corrected chi connectivity index (χ0v) is 14.8. The van der Waals surface area contributed by atoms with Gasteiger partial charge < -0.3 is 25.8 Å². The van der Waals surface area contributed by atoms with Gasteiger partial charge in [-0.1, -0.05) is 0 Å². The van der Waals surface area contributed by atoms with E-state index in [9.17, 15) is 14.4 Å². The first kappa shape index (κ1) is 19.9. The van der Waals surface area contributed by atoms with Crippen LogP contribution in [0.1, 0.15) is 29.6 Å². The number of hydrogen-bond donors (Lipinski definition) is 3. The molecule has 0 spiro atoms. The molecule has 1 aromatic rings. The summed E-state index contributed by atoms with van der Waals surface area (Å²) in [5.74, 6) is -0.814. The van der Waals surface area contributed by atoms with Gasteiger partial charge >= 0.3 is 5.97 Å². The monoisotopic (exact) mass is 363 g/mol. The van der Waals surface area contributed by atoms with Crippen molar-refractivity contribution in [3.8, 4) is 0 Å². The van der Waals surface area contributed by atoms with Gasteiger partial charge in [-0.15, -0.1) is 0 Å². The molecule has 142 valence electrons. The van der Waals surface area contributed by atoms with Crippen LogP contribution in [0.5, 0.6) is 0 Å². The highest BCUT2D eigenvalue weighted by Gasteiger charge is 2.26. The van der Waals surface area contributed by atoms with Gasteiger partial charge in [-0.25, -0.2) is 0 Å². The summed E-state index contributed by atoms with van der Waals surface area (Å²) in [7, 11) is 1.30. The van der Waals surface area contributed by atoms with Crippen LogP contribution in [-0.4, -0.2) is 50.7 Å². The fourth-order valence-corrected chi connectivity index (χ4v) is 2.70. The number of rotatable bonds is 7. The van der Waals surface area contributed by atoms with Gasteiger partial charge in [-0.3, -0.25) is 14.4 Å². The van der Waals surface area contributed by atoms with E-state index in [1.54, 1.807) is 24.3 Å². The minimum Gasteiger partial charge on any atom is -0.469 e. The van der Waals surface area contributed by atoms with Crippen molar-refractivity contribution in [3.63, 3.8) is 0 Å². The predicted molar refractivity (Wildman–Crippen MR) is 95.6 cm³/mol. The van der Waals surface area contributed by atoms with Crippen LogP contribution < -0.4 is 16.4 Å². The Morgan fingerprint density at radius 1 is 1.23 bits per heavy atom. The maximum Gasteiger partial charge on any atom is 0.307 e. The van der Waals surface area contributed by atoms with Gasteiger partial charge in [0, 0.05) is 31.0 Å². The van der Waals surface area contributed by atoms with Gasteiger partial charge in [0.2, 0.25) is 5.91 Å². The Bertz CT molecular complexity index is 626. The summed E-state index contributed by atoms with van der Waals surface area (Å²) in [4.78, 5) is 35.3. The largest absolute Gasteiger partial charge is 0.469 e. The third-order valence-electron chi connectivity index (χ3n) is 4.33. The van der Waals surface area contributed by atoms with E-state index in [2.05, 4.69) is 15.4 Å². The maximum absolute atomic E-state index is 12.3. The molecule has 4 N–H and O–H groups in total. The Labute approximate surface area is 152 Å². The number of amides is 2. The maximum atomic E-state index is 12.3. The molecule has 1 unspecified atom stereocenters. The Balaban J connectivity index is 1.83. The number of hydrogen-bond acceptors (Lipinski definition) is 6. The molecule has 0 aromatic heterocycles. The number of carbonyl (C=O) groups is 3. The van der Waals surface area contributed by atoms with Gasteiger partial charge in [0.15, 0.2) is 0 Å². The van der Waals surface area contributed by atoms with Crippen LogP contribution in [0.4, 0.5) is 5.69 Å². The lowest BCUT2D eigenvalue weighted by Crippen LogP contribution is -2.44. The summed E-state index contributed by atoms with van der Waals surface area (Å²) >= 11 is 0. The van der Waals surface area contributed by atoms with E-state index in [-0.39, 0.29) is 36.7 Å². The minimum atomic E-state index is -0.583. The standard InChI is InChI=1S/C18H25N3O5/c1-25-15(22)6-9-20-17(23)13-2-4-14(5-3-13)21-18(24)16(19)12-7-10-26-11-8-12/h2-5,12,16H,6-11,19H2,1H3,(H,20,23)(H,21,24). The molecule has 0 radical (unpaired) electrons. The molecule has 1 heterocycles. The summed E-state index contributed by atoms with van der Waals surface area (Å²) in [5.41, 5.74) is 7.04. The summed E-state index contributed by atoms with van der Waals surface area (Å²) in [6.07, 6.45) is 1.67. The van der Waals surface area contributed by atoms with Crippen LogP contribution in [0.3, 0.4) is 0 Å². The number of nitrogens with one attached hydrogen (secondary N) is 2. The van der Waals surface area contributed by atoms with Gasteiger partial charge in [-0.2, -0.15) is 0 Å². The van der Waals surface area contributed by atoms with Gasteiger partial charge in [0.25, 0.3) is 5.91 Å². The minimum absolute atomic E-state index is 0.112. The zero-order valence-electron chi connectivity index (χ0n) is 14.8. The molecular weight excluding hydrogens is 338 g/mol. The van der Waals surface area contributed by atoms with E-state index >= 15 is 0 Å². The third kappa shape index (κ3) is 5.82. The summed E-state index contributed by atoms with van der Waals surface area (Å²) in [6.45, 7) is 1.46. The van der Waals surface area contributed by atoms with E-state index in [0.29, 0.717) is 24.5 Å². The Hall–Kier alpha value is -2.45. The van der Waals surface area contributed by atoms with Crippen LogP contribution in [-0.2, 0) is 19.1 Å². The van der Waals surface area contributed by atoms with E-state index in [0.717, 1.165) is 12.8 Å². The fraction of sp³-hybridized carbons (Fsp3) is 0.500. The number of ether oxygens (including phenoxy) is 2. The highest BCUT2D eigenvalue weighted by molar-refractivity contribution is 5.97. The molecule has 26 heavy (non-hydrogen) atoms. The molecular formula is C18H25N3O5. The fourth-order valence-electron chi connectivity index (χ4n) is 2.70. The number of benzene rings is 1. The molecule has 0 bridgehead atoms. The SMILES string of the molecule is COC(=O)CCNC(=O)c1ccc(NC(=O)C(N)C2CCOCC2)cc1. The molecule has 1 fully saturated rings. The summed E-state index contributed by atoms with van der Waals surface area (Å²) < 4.78 is 9.79. The molecule has 1 aliphatic rings. The highest BCUT2D eigenvalue weighted by atomic mass is 16.5. The van der Waals surface area contributed by atoms with Gasteiger partial charge in [0.05, 0.1) is 19.6 Å². The number of anilines is 1.